The highest BCUT2D eigenvalue weighted by Gasteiger charge is 2.10. The van der Waals surface area contributed by atoms with E-state index >= 15 is 0 Å². The Bertz CT molecular complexity index is 662. The number of halogens is 3. The number of carboxylic acid groups (broad SMARTS) is 1. The smallest absolute Gasteiger partial charge is 0.338 e. The molecule has 0 spiro atoms. The van der Waals surface area contributed by atoms with Gasteiger partial charge < -0.3 is 10.4 Å². The quantitative estimate of drug-likeness (QED) is 0.882. The standard InChI is InChI=1S/C14H10BrF2NO2/c15-11-6-9(16)2-4-13(11)18-7-8-1-3-10(14(19)20)12(17)5-8/h1-6,18H,7H2,(H,19,20). The van der Waals surface area contributed by atoms with Crippen LogP contribution in [0.4, 0.5) is 14.5 Å². The molecule has 6 heteroatoms. The number of rotatable bonds is 4. The molecule has 0 amide bonds. The number of hydrogen-bond donors (Lipinski definition) is 2. The van der Waals surface area contributed by atoms with E-state index in [1.807, 2.05) is 0 Å². The zero-order valence-corrected chi connectivity index (χ0v) is 11.7. The van der Waals surface area contributed by atoms with Gasteiger partial charge in [-0.1, -0.05) is 6.07 Å². The van der Waals surface area contributed by atoms with Gasteiger partial charge in [0.2, 0.25) is 0 Å². The van der Waals surface area contributed by atoms with Gasteiger partial charge in [-0.15, -0.1) is 0 Å². The fourth-order valence-electron chi connectivity index (χ4n) is 1.67. The average Bonchev–Trinajstić information content (AvgIpc) is 2.37. The van der Waals surface area contributed by atoms with Gasteiger partial charge in [-0.2, -0.15) is 0 Å². The van der Waals surface area contributed by atoms with Crippen LogP contribution in [-0.4, -0.2) is 11.1 Å². The fourth-order valence-corrected chi connectivity index (χ4v) is 2.16. The molecule has 0 bridgehead atoms. The molecular formula is C14H10BrF2NO2. The van der Waals surface area contributed by atoms with Crippen molar-refractivity contribution in [1.29, 1.82) is 0 Å². The highest BCUT2D eigenvalue weighted by atomic mass is 79.9. The molecule has 0 saturated heterocycles. The maximum absolute atomic E-state index is 13.5. The number of carbonyl (C=O) groups is 1. The Labute approximate surface area is 122 Å². The van der Waals surface area contributed by atoms with Crippen LogP contribution in [0.3, 0.4) is 0 Å². The van der Waals surface area contributed by atoms with Crippen molar-refractivity contribution in [3.05, 3.63) is 63.6 Å². The summed E-state index contributed by atoms with van der Waals surface area (Å²) in [5.74, 6) is -2.45. The number of anilines is 1. The summed E-state index contributed by atoms with van der Waals surface area (Å²) in [6.45, 7) is 0.293. The maximum atomic E-state index is 13.5. The van der Waals surface area contributed by atoms with E-state index in [0.29, 0.717) is 22.3 Å². The Morgan fingerprint density at radius 2 is 1.95 bits per heavy atom. The molecule has 2 N–H and O–H groups in total. The van der Waals surface area contributed by atoms with Crippen LogP contribution in [0.1, 0.15) is 15.9 Å². The second-order valence-corrected chi connectivity index (χ2v) is 4.95. The summed E-state index contributed by atoms with van der Waals surface area (Å²) in [5.41, 5.74) is 0.884. The van der Waals surface area contributed by atoms with Crippen LogP contribution in [0.2, 0.25) is 0 Å². The molecule has 3 nitrogen and oxygen atoms in total. The van der Waals surface area contributed by atoms with Crippen molar-refractivity contribution in [3.63, 3.8) is 0 Å². The third kappa shape index (κ3) is 3.33. The minimum atomic E-state index is -1.30. The van der Waals surface area contributed by atoms with Gasteiger partial charge in [-0.3, -0.25) is 0 Å². The van der Waals surface area contributed by atoms with Crippen molar-refractivity contribution in [3.8, 4) is 0 Å². The third-order valence-electron chi connectivity index (χ3n) is 2.68. The first kappa shape index (κ1) is 14.5. The van der Waals surface area contributed by atoms with E-state index in [1.165, 1.54) is 24.3 Å². The summed E-state index contributed by atoms with van der Waals surface area (Å²) >= 11 is 3.21. The van der Waals surface area contributed by atoms with E-state index in [9.17, 15) is 13.6 Å². The Morgan fingerprint density at radius 1 is 1.20 bits per heavy atom. The number of carboxylic acids is 1. The Kier molecular flexibility index (Phi) is 4.34. The van der Waals surface area contributed by atoms with Crippen molar-refractivity contribution < 1.29 is 18.7 Å². The Balaban J connectivity index is 2.11. The van der Waals surface area contributed by atoms with Crippen LogP contribution < -0.4 is 5.32 Å². The molecule has 2 aromatic rings. The first-order chi connectivity index (χ1) is 9.47. The van der Waals surface area contributed by atoms with Crippen molar-refractivity contribution in [2.75, 3.05) is 5.32 Å². The molecule has 0 heterocycles. The molecule has 2 aromatic carbocycles. The van der Waals surface area contributed by atoms with Gasteiger partial charge in [0, 0.05) is 16.7 Å². The summed E-state index contributed by atoms with van der Waals surface area (Å²) in [5, 5.41) is 11.7. The lowest BCUT2D eigenvalue weighted by Gasteiger charge is -2.09. The number of nitrogens with one attached hydrogen (secondary N) is 1. The summed E-state index contributed by atoms with van der Waals surface area (Å²) in [6, 6.07) is 8.08. The van der Waals surface area contributed by atoms with E-state index in [4.69, 9.17) is 5.11 Å². The topological polar surface area (TPSA) is 49.3 Å². The summed E-state index contributed by atoms with van der Waals surface area (Å²) in [4.78, 5) is 10.7. The zero-order chi connectivity index (χ0) is 14.7. The van der Waals surface area contributed by atoms with Gasteiger partial charge in [-0.25, -0.2) is 13.6 Å². The monoisotopic (exact) mass is 341 g/mol. The largest absolute Gasteiger partial charge is 0.478 e. The molecule has 0 radical (unpaired) electrons. The van der Waals surface area contributed by atoms with Gasteiger partial charge in [0.1, 0.15) is 11.6 Å². The van der Waals surface area contributed by atoms with Crippen LogP contribution in [0.15, 0.2) is 40.9 Å². The first-order valence-electron chi connectivity index (χ1n) is 5.68. The Morgan fingerprint density at radius 3 is 2.55 bits per heavy atom. The van der Waals surface area contributed by atoms with E-state index < -0.39 is 11.8 Å². The lowest BCUT2D eigenvalue weighted by atomic mass is 10.1. The van der Waals surface area contributed by atoms with Crippen molar-refractivity contribution in [2.45, 2.75) is 6.54 Å². The predicted octanol–water partition coefficient (Wildman–Crippen LogP) is 4.04. The second-order valence-electron chi connectivity index (χ2n) is 4.10. The van der Waals surface area contributed by atoms with Crippen LogP contribution in [0.5, 0.6) is 0 Å². The first-order valence-corrected chi connectivity index (χ1v) is 6.47. The molecule has 0 unspecified atom stereocenters. The summed E-state index contributed by atoms with van der Waals surface area (Å²) in [7, 11) is 0. The average molecular weight is 342 g/mol. The van der Waals surface area contributed by atoms with E-state index in [2.05, 4.69) is 21.2 Å². The molecular weight excluding hydrogens is 332 g/mol. The van der Waals surface area contributed by atoms with Crippen molar-refractivity contribution in [2.24, 2.45) is 0 Å². The van der Waals surface area contributed by atoms with Gasteiger partial charge in [-0.05, 0) is 51.8 Å². The molecule has 0 aromatic heterocycles. The molecule has 0 aliphatic rings. The number of aromatic carboxylic acids is 1. The summed E-state index contributed by atoms with van der Waals surface area (Å²) < 4.78 is 27.0. The molecule has 0 saturated carbocycles. The van der Waals surface area contributed by atoms with Gasteiger partial charge >= 0.3 is 5.97 Å². The Hall–Kier alpha value is -1.95. The molecule has 20 heavy (non-hydrogen) atoms. The molecule has 0 atom stereocenters. The van der Waals surface area contributed by atoms with Crippen LogP contribution in [-0.2, 0) is 6.54 Å². The maximum Gasteiger partial charge on any atom is 0.338 e. The predicted molar refractivity (Wildman–Crippen MR) is 74.8 cm³/mol. The van der Waals surface area contributed by atoms with Gasteiger partial charge in [0.15, 0.2) is 0 Å². The minimum Gasteiger partial charge on any atom is -0.478 e. The van der Waals surface area contributed by atoms with Crippen molar-refractivity contribution in [1.82, 2.24) is 0 Å². The zero-order valence-electron chi connectivity index (χ0n) is 10.2. The number of benzene rings is 2. The van der Waals surface area contributed by atoms with Gasteiger partial charge in [0.05, 0.1) is 5.56 Å². The molecule has 104 valence electrons. The van der Waals surface area contributed by atoms with Crippen LogP contribution in [0.25, 0.3) is 0 Å². The molecule has 0 fully saturated rings. The number of hydrogen-bond acceptors (Lipinski definition) is 2. The van der Waals surface area contributed by atoms with Gasteiger partial charge in [0.25, 0.3) is 0 Å². The third-order valence-corrected chi connectivity index (χ3v) is 3.33. The second kappa shape index (κ2) is 6.00. The molecule has 2 rings (SSSR count). The van der Waals surface area contributed by atoms with Crippen LogP contribution >= 0.6 is 15.9 Å². The lowest BCUT2D eigenvalue weighted by molar-refractivity contribution is 0.0692. The van der Waals surface area contributed by atoms with E-state index in [1.54, 1.807) is 6.07 Å². The minimum absolute atomic E-state index is 0.293. The SMILES string of the molecule is O=C(O)c1ccc(CNc2ccc(F)cc2Br)cc1F. The molecule has 0 aliphatic heterocycles. The highest BCUT2D eigenvalue weighted by molar-refractivity contribution is 9.10. The fraction of sp³-hybridized carbons (Fsp3) is 0.0714. The van der Waals surface area contributed by atoms with E-state index in [-0.39, 0.29) is 11.4 Å². The molecule has 0 aliphatic carbocycles. The summed E-state index contributed by atoms with van der Waals surface area (Å²) in [6.07, 6.45) is 0. The lowest BCUT2D eigenvalue weighted by Crippen LogP contribution is -2.04. The van der Waals surface area contributed by atoms with Crippen LogP contribution in [0, 0.1) is 11.6 Å². The van der Waals surface area contributed by atoms with E-state index in [0.717, 1.165) is 6.07 Å². The highest BCUT2D eigenvalue weighted by Crippen LogP contribution is 2.23. The normalized spacial score (nSPS) is 10.3. The van der Waals surface area contributed by atoms with Crippen molar-refractivity contribution >= 4 is 27.6 Å².